The molecule has 0 saturated heterocycles. The van der Waals surface area contributed by atoms with E-state index in [9.17, 15) is 9.59 Å². The number of hydrogen-bond acceptors (Lipinski definition) is 4. The molecule has 1 aromatic heterocycles. The molecule has 0 unspecified atom stereocenters. The van der Waals surface area contributed by atoms with Crippen LogP contribution >= 0.6 is 23.2 Å². The molecule has 0 fully saturated rings. The number of rotatable bonds is 6. The van der Waals surface area contributed by atoms with Crippen molar-refractivity contribution >= 4 is 40.8 Å². The number of ether oxygens (including phenoxy) is 1. The molecule has 3 rings (SSSR count). The third kappa shape index (κ3) is 5.01. The van der Waals surface area contributed by atoms with E-state index in [0.717, 1.165) is 16.7 Å². The lowest BCUT2D eigenvalue weighted by molar-refractivity contribution is -0.119. The Morgan fingerprint density at radius 3 is 2.47 bits per heavy atom. The van der Waals surface area contributed by atoms with Crippen molar-refractivity contribution in [1.82, 2.24) is 9.78 Å². The van der Waals surface area contributed by atoms with E-state index >= 15 is 0 Å². The van der Waals surface area contributed by atoms with Crippen LogP contribution in [0.2, 0.25) is 10.2 Å². The molecule has 1 heterocycles. The van der Waals surface area contributed by atoms with Gasteiger partial charge in [-0.15, -0.1) is 0 Å². The van der Waals surface area contributed by atoms with E-state index < -0.39 is 18.5 Å². The monoisotopic (exact) mass is 445 g/mol. The minimum Gasteiger partial charge on any atom is -0.452 e. The maximum Gasteiger partial charge on any atom is 0.343 e. The highest BCUT2D eigenvalue weighted by Gasteiger charge is 2.22. The Labute approximate surface area is 184 Å². The van der Waals surface area contributed by atoms with Crippen LogP contribution in [0.3, 0.4) is 0 Å². The molecule has 1 N–H and O–H groups in total. The average Bonchev–Trinajstić information content (AvgIpc) is 2.98. The molecule has 0 aliphatic heterocycles. The highest BCUT2D eigenvalue weighted by Crippen LogP contribution is 2.24. The van der Waals surface area contributed by atoms with Gasteiger partial charge in [-0.3, -0.25) is 4.79 Å². The van der Waals surface area contributed by atoms with E-state index in [1.54, 1.807) is 32.0 Å². The normalized spacial score (nSPS) is 10.7. The molecule has 0 spiro atoms. The Balaban J connectivity index is 1.65. The number of aromatic nitrogens is 2. The van der Waals surface area contributed by atoms with Crippen molar-refractivity contribution in [2.75, 3.05) is 11.9 Å². The quantitative estimate of drug-likeness (QED) is 0.544. The first-order valence-electron chi connectivity index (χ1n) is 9.26. The minimum absolute atomic E-state index is 0.149. The van der Waals surface area contributed by atoms with E-state index in [1.807, 2.05) is 31.2 Å². The molecule has 156 valence electrons. The summed E-state index contributed by atoms with van der Waals surface area (Å²) in [6, 6.07) is 13.1. The summed E-state index contributed by atoms with van der Waals surface area (Å²) >= 11 is 12.4. The van der Waals surface area contributed by atoms with E-state index in [1.165, 1.54) is 4.68 Å². The zero-order valence-electron chi connectivity index (χ0n) is 16.8. The lowest BCUT2D eigenvalue weighted by atomic mass is 10.1. The molecule has 0 radical (unpaired) electrons. The smallest absolute Gasteiger partial charge is 0.343 e. The molecule has 30 heavy (non-hydrogen) atoms. The highest BCUT2D eigenvalue weighted by molar-refractivity contribution is 6.33. The summed E-state index contributed by atoms with van der Waals surface area (Å²) in [5.41, 5.74) is 4.02. The topological polar surface area (TPSA) is 73.2 Å². The van der Waals surface area contributed by atoms with Crippen LogP contribution in [-0.2, 0) is 16.1 Å². The van der Waals surface area contributed by atoms with E-state index in [0.29, 0.717) is 22.9 Å². The second kappa shape index (κ2) is 9.32. The van der Waals surface area contributed by atoms with Gasteiger partial charge in [0.15, 0.2) is 6.61 Å². The molecular weight excluding hydrogens is 425 g/mol. The van der Waals surface area contributed by atoms with Gasteiger partial charge >= 0.3 is 5.97 Å². The average molecular weight is 446 g/mol. The van der Waals surface area contributed by atoms with Crippen molar-refractivity contribution < 1.29 is 14.3 Å². The van der Waals surface area contributed by atoms with Gasteiger partial charge < -0.3 is 10.1 Å². The first kappa shape index (κ1) is 21.9. The number of nitrogens with zero attached hydrogens (tertiary/aromatic N) is 2. The standard InChI is InChI=1S/C22H21Cl2N3O3/c1-13-7-9-16(10-8-13)11-27-21(24)20(15(3)26-27)22(29)30-12-19(28)25-18-6-4-5-17(23)14(18)2/h4-10H,11-12H2,1-3H3,(H,25,28). The Hall–Kier alpha value is -2.83. The van der Waals surface area contributed by atoms with Gasteiger partial charge in [-0.25, -0.2) is 9.48 Å². The molecule has 6 nitrogen and oxygen atoms in total. The maximum atomic E-state index is 12.5. The number of amides is 1. The molecule has 0 atom stereocenters. The fourth-order valence-electron chi connectivity index (χ4n) is 2.89. The minimum atomic E-state index is -0.703. The number of aryl methyl sites for hydroxylation is 2. The summed E-state index contributed by atoms with van der Waals surface area (Å²) in [6.45, 7) is 5.43. The van der Waals surface area contributed by atoms with Crippen LogP contribution in [0, 0.1) is 20.8 Å². The number of carbonyl (C=O) groups excluding carboxylic acids is 2. The molecule has 0 aliphatic carbocycles. The predicted octanol–water partition coefficient (Wildman–Crippen LogP) is 4.96. The van der Waals surface area contributed by atoms with Crippen LogP contribution in [0.25, 0.3) is 0 Å². The zero-order chi connectivity index (χ0) is 21.8. The Bertz CT molecular complexity index is 1090. The second-order valence-electron chi connectivity index (χ2n) is 6.93. The second-order valence-corrected chi connectivity index (χ2v) is 7.70. The number of halogens is 2. The number of esters is 1. The number of anilines is 1. The van der Waals surface area contributed by atoms with Crippen molar-refractivity contribution in [2.24, 2.45) is 0 Å². The fourth-order valence-corrected chi connectivity index (χ4v) is 3.37. The first-order valence-corrected chi connectivity index (χ1v) is 10.0. The van der Waals surface area contributed by atoms with Gasteiger partial charge in [0.2, 0.25) is 0 Å². The van der Waals surface area contributed by atoms with Gasteiger partial charge in [0.05, 0.1) is 12.2 Å². The summed E-state index contributed by atoms with van der Waals surface area (Å²) < 4.78 is 6.69. The van der Waals surface area contributed by atoms with Crippen molar-refractivity contribution in [2.45, 2.75) is 27.3 Å². The molecule has 0 aliphatic rings. The van der Waals surface area contributed by atoms with Crippen LogP contribution in [0.1, 0.15) is 32.7 Å². The highest BCUT2D eigenvalue weighted by atomic mass is 35.5. The maximum absolute atomic E-state index is 12.5. The summed E-state index contributed by atoms with van der Waals surface area (Å²) in [7, 11) is 0. The van der Waals surface area contributed by atoms with E-state index in [2.05, 4.69) is 10.4 Å². The van der Waals surface area contributed by atoms with Crippen LogP contribution in [-0.4, -0.2) is 28.3 Å². The molecule has 0 bridgehead atoms. The molecule has 0 saturated carbocycles. The SMILES string of the molecule is Cc1ccc(Cn2nc(C)c(C(=O)OCC(=O)Nc3cccc(Cl)c3C)c2Cl)cc1. The van der Waals surface area contributed by atoms with Gasteiger partial charge in [-0.05, 0) is 44.0 Å². The van der Waals surface area contributed by atoms with Gasteiger partial charge in [-0.1, -0.05) is 59.1 Å². The van der Waals surface area contributed by atoms with Crippen molar-refractivity contribution in [3.8, 4) is 0 Å². The molecular formula is C22H21Cl2N3O3. The molecule has 8 heteroatoms. The fraction of sp³-hybridized carbons (Fsp3) is 0.227. The van der Waals surface area contributed by atoms with Crippen molar-refractivity contribution in [1.29, 1.82) is 0 Å². The lowest BCUT2D eigenvalue weighted by Crippen LogP contribution is -2.21. The largest absolute Gasteiger partial charge is 0.452 e. The predicted molar refractivity (Wildman–Crippen MR) is 117 cm³/mol. The van der Waals surface area contributed by atoms with Crippen LogP contribution in [0.15, 0.2) is 42.5 Å². The van der Waals surface area contributed by atoms with Crippen LogP contribution < -0.4 is 5.32 Å². The first-order chi connectivity index (χ1) is 14.3. The Morgan fingerprint density at radius 1 is 1.07 bits per heavy atom. The number of benzene rings is 2. The van der Waals surface area contributed by atoms with Crippen molar-refractivity contribution in [3.63, 3.8) is 0 Å². The van der Waals surface area contributed by atoms with Gasteiger partial charge in [-0.2, -0.15) is 5.10 Å². The van der Waals surface area contributed by atoms with Crippen LogP contribution in [0.5, 0.6) is 0 Å². The molecule has 2 aromatic carbocycles. The third-order valence-electron chi connectivity index (χ3n) is 4.60. The lowest BCUT2D eigenvalue weighted by Gasteiger charge is -2.10. The number of carbonyl (C=O) groups is 2. The third-order valence-corrected chi connectivity index (χ3v) is 5.39. The van der Waals surface area contributed by atoms with Gasteiger partial charge in [0.1, 0.15) is 10.7 Å². The summed E-state index contributed by atoms with van der Waals surface area (Å²) in [6.07, 6.45) is 0. The van der Waals surface area contributed by atoms with E-state index in [-0.39, 0.29) is 10.7 Å². The van der Waals surface area contributed by atoms with E-state index in [4.69, 9.17) is 27.9 Å². The van der Waals surface area contributed by atoms with Gasteiger partial charge in [0.25, 0.3) is 5.91 Å². The van der Waals surface area contributed by atoms with Crippen molar-refractivity contribution in [3.05, 3.63) is 80.6 Å². The zero-order valence-corrected chi connectivity index (χ0v) is 18.3. The Morgan fingerprint density at radius 2 is 1.77 bits per heavy atom. The number of hydrogen-bond donors (Lipinski definition) is 1. The summed E-state index contributed by atoms with van der Waals surface area (Å²) in [4.78, 5) is 24.7. The number of nitrogens with one attached hydrogen (secondary N) is 1. The van der Waals surface area contributed by atoms with Gasteiger partial charge in [0, 0.05) is 10.7 Å². The summed E-state index contributed by atoms with van der Waals surface area (Å²) in [5.74, 6) is -1.18. The molecule has 3 aromatic rings. The Kier molecular flexibility index (Phi) is 6.80. The van der Waals surface area contributed by atoms with Crippen LogP contribution in [0.4, 0.5) is 5.69 Å². The summed E-state index contributed by atoms with van der Waals surface area (Å²) in [5, 5.41) is 7.71. The molecule has 1 amide bonds.